The highest BCUT2D eigenvalue weighted by Gasteiger charge is 2.19. The molecule has 0 saturated heterocycles. The van der Waals surface area contributed by atoms with E-state index in [2.05, 4.69) is 10.3 Å². The Labute approximate surface area is 168 Å². The summed E-state index contributed by atoms with van der Waals surface area (Å²) >= 11 is 7.24. The first-order valence-corrected chi connectivity index (χ1v) is 9.07. The molecule has 142 valence electrons. The first-order chi connectivity index (χ1) is 13.4. The van der Waals surface area contributed by atoms with Crippen LogP contribution >= 0.6 is 23.4 Å². The molecular formula is C19H12ClF2N3O2S. The minimum absolute atomic E-state index is 0.305. The second kappa shape index (κ2) is 8.81. The van der Waals surface area contributed by atoms with E-state index in [-0.39, 0.29) is 0 Å². The first kappa shape index (κ1) is 19.8. The normalized spacial score (nSPS) is 10.4. The van der Waals surface area contributed by atoms with Crippen molar-refractivity contribution in [2.45, 2.75) is 9.92 Å². The van der Waals surface area contributed by atoms with E-state index < -0.39 is 29.1 Å². The van der Waals surface area contributed by atoms with Crippen molar-refractivity contribution in [3.8, 4) is 0 Å². The molecule has 2 aromatic carbocycles. The summed E-state index contributed by atoms with van der Waals surface area (Å²) in [6.45, 7) is 0. The number of hydrogen-bond donors (Lipinski definition) is 2. The molecule has 1 heterocycles. The highest BCUT2D eigenvalue weighted by Crippen LogP contribution is 2.27. The SMILES string of the molecule is O=C(NC(=O)c1c(F)cccc1F)Nc1ccc(Sc2ccc(Cl)cc2)nc1. The standard InChI is InChI=1S/C19H12ClF2N3O2S/c20-11-4-7-13(8-5-11)28-16-9-6-12(10-23-16)24-19(27)25-18(26)17-14(21)2-1-3-15(17)22/h1-10H,(H2,24,25,26,27). The van der Waals surface area contributed by atoms with Gasteiger partial charge in [-0.05, 0) is 48.5 Å². The number of benzene rings is 2. The smallest absolute Gasteiger partial charge is 0.306 e. The van der Waals surface area contributed by atoms with Crippen LogP contribution in [0.15, 0.2) is 70.7 Å². The van der Waals surface area contributed by atoms with Crippen LogP contribution in [0.3, 0.4) is 0 Å². The fourth-order valence-corrected chi connectivity index (χ4v) is 3.06. The number of hydrogen-bond acceptors (Lipinski definition) is 4. The third kappa shape index (κ3) is 5.05. The Hall–Kier alpha value is -2.97. The van der Waals surface area contributed by atoms with Crippen LogP contribution in [0.1, 0.15) is 10.4 Å². The number of imide groups is 1. The lowest BCUT2D eigenvalue weighted by Crippen LogP contribution is -2.35. The quantitative estimate of drug-likeness (QED) is 0.615. The van der Waals surface area contributed by atoms with Gasteiger partial charge in [-0.2, -0.15) is 0 Å². The van der Waals surface area contributed by atoms with Crippen LogP contribution in [0.2, 0.25) is 5.02 Å². The maximum atomic E-state index is 13.6. The van der Waals surface area contributed by atoms with Gasteiger partial charge in [-0.25, -0.2) is 18.6 Å². The second-order valence-electron chi connectivity index (χ2n) is 5.45. The third-order valence-corrected chi connectivity index (χ3v) is 4.66. The highest BCUT2D eigenvalue weighted by atomic mass is 35.5. The van der Waals surface area contributed by atoms with Crippen molar-refractivity contribution in [2.75, 3.05) is 5.32 Å². The lowest BCUT2D eigenvalue weighted by Gasteiger charge is -2.08. The number of anilines is 1. The Bertz CT molecular complexity index is 994. The molecule has 2 N–H and O–H groups in total. The number of carbonyl (C=O) groups excluding carboxylic acids is 2. The minimum atomic E-state index is -1.18. The summed E-state index contributed by atoms with van der Waals surface area (Å²) in [6.07, 6.45) is 1.39. The molecule has 9 heteroatoms. The third-order valence-electron chi connectivity index (χ3n) is 3.45. The van der Waals surface area contributed by atoms with Gasteiger partial charge < -0.3 is 5.32 Å². The molecule has 3 aromatic rings. The summed E-state index contributed by atoms with van der Waals surface area (Å²) in [5.74, 6) is -3.30. The lowest BCUT2D eigenvalue weighted by atomic mass is 10.2. The summed E-state index contributed by atoms with van der Waals surface area (Å²) in [5.41, 5.74) is -0.523. The van der Waals surface area contributed by atoms with Crippen molar-refractivity contribution >= 4 is 41.0 Å². The maximum Gasteiger partial charge on any atom is 0.326 e. The molecule has 3 amide bonds. The molecule has 28 heavy (non-hydrogen) atoms. The monoisotopic (exact) mass is 419 g/mol. The van der Waals surface area contributed by atoms with Gasteiger partial charge in [-0.3, -0.25) is 10.1 Å². The molecule has 0 atom stereocenters. The number of pyridine rings is 1. The predicted octanol–water partition coefficient (Wildman–Crippen LogP) is 5.13. The minimum Gasteiger partial charge on any atom is -0.306 e. The largest absolute Gasteiger partial charge is 0.326 e. The molecule has 0 aliphatic carbocycles. The summed E-state index contributed by atoms with van der Waals surface area (Å²) in [4.78, 5) is 28.9. The zero-order chi connectivity index (χ0) is 20.1. The Morgan fingerprint density at radius 2 is 1.64 bits per heavy atom. The van der Waals surface area contributed by atoms with E-state index in [4.69, 9.17) is 11.6 Å². The van der Waals surface area contributed by atoms with Crippen molar-refractivity contribution in [2.24, 2.45) is 0 Å². The summed E-state index contributed by atoms with van der Waals surface area (Å²) < 4.78 is 27.1. The molecule has 0 unspecified atom stereocenters. The van der Waals surface area contributed by atoms with Crippen molar-refractivity contribution in [3.05, 3.63) is 83.0 Å². The number of nitrogens with one attached hydrogen (secondary N) is 2. The Balaban J connectivity index is 1.60. The average Bonchev–Trinajstić information content (AvgIpc) is 2.65. The number of halogens is 3. The summed E-state index contributed by atoms with van der Waals surface area (Å²) in [5, 5.41) is 5.56. The molecule has 0 spiro atoms. The zero-order valence-electron chi connectivity index (χ0n) is 14.1. The fraction of sp³-hybridized carbons (Fsp3) is 0. The molecular weight excluding hydrogens is 408 g/mol. The number of rotatable bonds is 4. The highest BCUT2D eigenvalue weighted by molar-refractivity contribution is 7.99. The Morgan fingerprint density at radius 3 is 2.25 bits per heavy atom. The molecule has 0 fully saturated rings. The van der Waals surface area contributed by atoms with Gasteiger partial charge in [0, 0.05) is 9.92 Å². The van der Waals surface area contributed by atoms with Crippen molar-refractivity contribution in [3.63, 3.8) is 0 Å². The van der Waals surface area contributed by atoms with Crippen LogP contribution in [0.25, 0.3) is 0 Å². The Morgan fingerprint density at radius 1 is 0.964 bits per heavy atom. The van der Waals surface area contributed by atoms with Crippen molar-refractivity contribution < 1.29 is 18.4 Å². The van der Waals surface area contributed by atoms with Crippen LogP contribution in [-0.2, 0) is 0 Å². The van der Waals surface area contributed by atoms with Crippen LogP contribution in [-0.4, -0.2) is 16.9 Å². The molecule has 0 bridgehead atoms. The van der Waals surface area contributed by atoms with E-state index in [0.717, 1.165) is 23.1 Å². The van der Waals surface area contributed by atoms with Gasteiger partial charge >= 0.3 is 6.03 Å². The van der Waals surface area contributed by atoms with E-state index in [1.807, 2.05) is 17.4 Å². The molecule has 0 aliphatic rings. The molecule has 0 saturated carbocycles. The maximum absolute atomic E-state index is 13.6. The lowest BCUT2D eigenvalue weighted by molar-refractivity contribution is 0.0959. The number of nitrogens with zero attached hydrogens (tertiary/aromatic N) is 1. The van der Waals surface area contributed by atoms with Crippen molar-refractivity contribution in [1.29, 1.82) is 0 Å². The number of amides is 3. The van der Waals surface area contributed by atoms with E-state index in [1.54, 1.807) is 24.3 Å². The zero-order valence-corrected chi connectivity index (χ0v) is 15.7. The second-order valence-corrected chi connectivity index (χ2v) is 6.98. The van der Waals surface area contributed by atoms with Gasteiger partial charge in [0.15, 0.2) is 0 Å². The number of urea groups is 1. The van der Waals surface area contributed by atoms with E-state index in [9.17, 15) is 18.4 Å². The van der Waals surface area contributed by atoms with E-state index >= 15 is 0 Å². The molecule has 0 aliphatic heterocycles. The van der Waals surface area contributed by atoms with Gasteiger partial charge in [0.05, 0.1) is 11.9 Å². The fourth-order valence-electron chi connectivity index (χ4n) is 2.18. The Kier molecular flexibility index (Phi) is 6.23. The predicted molar refractivity (Wildman–Crippen MR) is 103 cm³/mol. The summed E-state index contributed by atoms with van der Waals surface area (Å²) in [7, 11) is 0. The molecule has 5 nitrogen and oxygen atoms in total. The van der Waals surface area contributed by atoms with Crippen LogP contribution in [0.5, 0.6) is 0 Å². The number of aromatic nitrogens is 1. The van der Waals surface area contributed by atoms with Gasteiger partial charge in [0.1, 0.15) is 22.2 Å². The average molecular weight is 420 g/mol. The number of carbonyl (C=O) groups is 2. The van der Waals surface area contributed by atoms with Crippen LogP contribution in [0, 0.1) is 11.6 Å². The molecule has 0 radical (unpaired) electrons. The molecule has 3 rings (SSSR count). The van der Waals surface area contributed by atoms with Gasteiger partial charge in [0.2, 0.25) is 0 Å². The summed E-state index contributed by atoms with van der Waals surface area (Å²) in [6, 6.07) is 12.5. The van der Waals surface area contributed by atoms with Crippen LogP contribution in [0.4, 0.5) is 19.3 Å². The molecule has 1 aromatic heterocycles. The van der Waals surface area contributed by atoms with E-state index in [0.29, 0.717) is 15.7 Å². The first-order valence-electron chi connectivity index (χ1n) is 7.88. The van der Waals surface area contributed by atoms with E-state index in [1.165, 1.54) is 18.0 Å². The topological polar surface area (TPSA) is 71.1 Å². The van der Waals surface area contributed by atoms with Gasteiger partial charge in [0.25, 0.3) is 5.91 Å². The van der Waals surface area contributed by atoms with Gasteiger partial charge in [-0.15, -0.1) is 0 Å². The van der Waals surface area contributed by atoms with Crippen molar-refractivity contribution in [1.82, 2.24) is 10.3 Å². The van der Waals surface area contributed by atoms with Gasteiger partial charge in [-0.1, -0.05) is 29.4 Å². The van der Waals surface area contributed by atoms with Crippen LogP contribution < -0.4 is 10.6 Å².